The first-order valence-electron chi connectivity index (χ1n) is 7.15. The van der Waals surface area contributed by atoms with Crippen LogP contribution in [0.1, 0.15) is 30.8 Å². The minimum Gasteiger partial charge on any atom is -0.396 e. The highest BCUT2D eigenvalue weighted by Gasteiger charge is 2.19. The summed E-state index contributed by atoms with van der Waals surface area (Å²) < 4.78 is 18.0. The summed E-state index contributed by atoms with van der Waals surface area (Å²) in [5, 5.41) is 15.6. The molecule has 0 saturated carbocycles. The molecule has 118 valence electrons. The van der Waals surface area contributed by atoms with Crippen LogP contribution in [0.15, 0.2) is 34.9 Å². The molecule has 0 radical (unpaired) electrons. The highest BCUT2D eigenvalue weighted by molar-refractivity contribution is 5.93. The number of halogens is 1. The minimum absolute atomic E-state index is 0.00275. The molecule has 0 bridgehead atoms. The number of carbonyl (C=O) groups is 1. The highest BCUT2D eigenvalue weighted by Crippen LogP contribution is 2.20. The van der Waals surface area contributed by atoms with Crippen LogP contribution < -0.4 is 5.32 Å². The van der Waals surface area contributed by atoms with Gasteiger partial charge < -0.3 is 14.9 Å². The van der Waals surface area contributed by atoms with Gasteiger partial charge in [-0.15, -0.1) is 0 Å². The number of hydrogen-bond acceptors (Lipinski definition) is 4. The summed E-state index contributed by atoms with van der Waals surface area (Å²) in [6.45, 7) is 3.93. The summed E-state index contributed by atoms with van der Waals surface area (Å²) in [5.41, 5.74) is 0.798. The van der Waals surface area contributed by atoms with E-state index in [4.69, 9.17) is 9.63 Å². The van der Waals surface area contributed by atoms with E-state index in [-0.39, 0.29) is 36.0 Å². The molecule has 2 aromatic rings. The molecule has 5 nitrogen and oxygen atoms in total. The molecule has 22 heavy (non-hydrogen) atoms. The molecule has 0 fully saturated rings. The Morgan fingerprint density at radius 2 is 2.05 bits per heavy atom. The van der Waals surface area contributed by atoms with E-state index in [0.29, 0.717) is 17.7 Å². The van der Waals surface area contributed by atoms with Crippen molar-refractivity contribution in [2.45, 2.75) is 26.3 Å². The fourth-order valence-electron chi connectivity index (χ4n) is 2.09. The van der Waals surface area contributed by atoms with Crippen LogP contribution in [0.5, 0.6) is 0 Å². The van der Waals surface area contributed by atoms with Crippen LogP contribution in [-0.4, -0.2) is 28.8 Å². The Labute approximate surface area is 128 Å². The summed E-state index contributed by atoms with van der Waals surface area (Å²) in [6.07, 6.45) is 0.478. The molecule has 0 aliphatic carbocycles. The standard InChI is InChI=1S/C16H19FN2O3/c1-10(2)13(7-8-20)18-16(21)14-9-15(22-19-14)11-3-5-12(17)6-4-11/h3-6,9-10,13,20H,7-8H2,1-2H3,(H,18,21). The number of hydrogen-bond donors (Lipinski definition) is 2. The largest absolute Gasteiger partial charge is 0.396 e. The predicted molar refractivity (Wildman–Crippen MR) is 79.7 cm³/mol. The number of aliphatic hydroxyl groups is 1. The van der Waals surface area contributed by atoms with Crippen molar-refractivity contribution in [3.8, 4) is 11.3 Å². The second-order valence-corrected chi connectivity index (χ2v) is 5.42. The van der Waals surface area contributed by atoms with Gasteiger partial charge in [0.2, 0.25) is 0 Å². The molecule has 2 rings (SSSR count). The molecule has 1 unspecified atom stereocenters. The molecule has 1 amide bonds. The SMILES string of the molecule is CC(C)C(CCO)NC(=O)c1cc(-c2ccc(F)cc2)on1. The minimum atomic E-state index is -0.357. The highest BCUT2D eigenvalue weighted by atomic mass is 19.1. The van der Waals surface area contributed by atoms with Gasteiger partial charge >= 0.3 is 0 Å². The lowest BCUT2D eigenvalue weighted by molar-refractivity contribution is 0.0907. The Morgan fingerprint density at radius 1 is 1.36 bits per heavy atom. The predicted octanol–water partition coefficient (Wildman–Crippen LogP) is 2.62. The summed E-state index contributed by atoms with van der Waals surface area (Å²) in [6, 6.07) is 7.11. The zero-order valence-corrected chi connectivity index (χ0v) is 12.5. The van der Waals surface area contributed by atoms with E-state index in [1.807, 2.05) is 13.8 Å². The summed E-state index contributed by atoms with van der Waals surface area (Å²) in [4.78, 5) is 12.2. The summed E-state index contributed by atoms with van der Waals surface area (Å²) >= 11 is 0. The number of amides is 1. The van der Waals surface area contributed by atoms with Crippen molar-refractivity contribution in [3.63, 3.8) is 0 Å². The smallest absolute Gasteiger partial charge is 0.273 e. The third-order valence-electron chi connectivity index (χ3n) is 3.43. The van der Waals surface area contributed by atoms with Crippen LogP contribution >= 0.6 is 0 Å². The fourth-order valence-corrected chi connectivity index (χ4v) is 2.09. The Hall–Kier alpha value is -2.21. The second-order valence-electron chi connectivity index (χ2n) is 5.42. The van der Waals surface area contributed by atoms with Gasteiger partial charge in [-0.1, -0.05) is 19.0 Å². The molecule has 0 aliphatic heterocycles. The van der Waals surface area contributed by atoms with Crippen LogP contribution in [0.25, 0.3) is 11.3 Å². The van der Waals surface area contributed by atoms with Gasteiger partial charge in [0, 0.05) is 24.3 Å². The average Bonchev–Trinajstić information content (AvgIpc) is 2.97. The third-order valence-corrected chi connectivity index (χ3v) is 3.43. The van der Waals surface area contributed by atoms with Gasteiger partial charge in [0.1, 0.15) is 5.82 Å². The number of benzene rings is 1. The van der Waals surface area contributed by atoms with Gasteiger partial charge in [0.15, 0.2) is 11.5 Å². The molecule has 1 atom stereocenters. The molecule has 0 spiro atoms. The number of nitrogens with zero attached hydrogens (tertiary/aromatic N) is 1. The molecular weight excluding hydrogens is 287 g/mol. The maximum absolute atomic E-state index is 12.9. The Balaban J connectivity index is 2.10. The number of carbonyl (C=O) groups excluding carboxylic acids is 1. The molecule has 2 N–H and O–H groups in total. The van der Waals surface area contributed by atoms with Crippen LogP contribution in [0.4, 0.5) is 4.39 Å². The lowest BCUT2D eigenvalue weighted by Crippen LogP contribution is -2.39. The first-order chi connectivity index (χ1) is 10.5. The van der Waals surface area contributed by atoms with Crippen molar-refractivity contribution in [1.29, 1.82) is 0 Å². The maximum Gasteiger partial charge on any atom is 0.273 e. The average molecular weight is 306 g/mol. The zero-order chi connectivity index (χ0) is 16.1. The van der Waals surface area contributed by atoms with E-state index in [0.717, 1.165) is 0 Å². The van der Waals surface area contributed by atoms with Gasteiger partial charge in [-0.05, 0) is 36.6 Å². The van der Waals surface area contributed by atoms with Crippen LogP contribution in [0.3, 0.4) is 0 Å². The van der Waals surface area contributed by atoms with Crippen molar-refractivity contribution < 1.29 is 18.8 Å². The van der Waals surface area contributed by atoms with Crippen molar-refractivity contribution >= 4 is 5.91 Å². The number of nitrogens with one attached hydrogen (secondary N) is 1. The normalized spacial score (nSPS) is 12.4. The van der Waals surface area contributed by atoms with Gasteiger partial charge in [-0.3, -0.25) is 4.79 Å². The van der Waals surface area contributed by atoms with E-state index in [1.165, 1.54) is 18.2 Å². The first kappa shape index (κ1) is 16.2. The Morgan fingerprint density at radius 3 is 2.64 bits per heavy atom. The number of aliphatic hydroxyl groups excluding tert-OH is 1. The fraction of sp³-hybridized carbons (Fsp3) is 0.375. The van der Waals surface area contributed by atoms with Crippen molar-refractivity contribution in [2.75, 3.05) is 6.61 Å². The van der Waals surface area contributed by atoms with Crippen LogP contribution in [0, 0.1) is 11.7 Å². The van der Waals surface area contributed by atoms with E-state index in [9.17, 15) is 9.18 Å². The molecule has 0 aliphatic rings. The number of rotatable bonds is 6. The lowest BCUT2D eigenvalue weighted by atomic mass is 10.0. The Bertz CT molecular complexity index is 623. The first-order valence-corrected chi connectivity index (χ1v) is 7.15. The maximum atomic E-state index is 12.9. The van der Waals surface area contributed by atoms with Crippen LogP contribution in [-0.2, 0) is 0 Å². The second kappa shape index (κ2) is 7.17. The molecule has 1 aromatic carbocycles. The summed E-state index contributed by atoms with van der Waals surface area (Å²) in [7, 11) is 0. The number of aromatic nitrogens is 1. The molecule has 0 saturated heterocycles. The van der Waals surface area contributed by atoms with Gasteiger partial charge in [-0.2, -0.15) is 0 Å². The van der Waals surface area contributed by atoms with Crippen LogP contribution in [0.2, 0.25) is 0 Å². The van der Waals surface area contributed by atoms with E-state index < -0.39 is 0 Å². The third kappa shape index (κ3) is 3.92. The van der Waals surface area contributed by atoms with Gasteiger partial charge in [-0.25, -0.2) is 4.39 Å². The molecular formula is C16H19FN2O3. The summed E-state index contributed by atoms with van der Waals surface area (Å²) in [5.74, 6) is -0.109. The van der Waals surface area contributed by atoms with E-state index in [1.54, 1.807) is 12.1 Å². The quantitative estimate of drug-likeness (QED) is 0.860. The van der Waals surface area contributed by atoms with Crippen molar-refractivity contribution in [1.82, 2.24) is 10.5 Å². The van der Waals surface area contributed by atoms with Crippen molar-refractivity contribution in [3.05, 3.63) is 41.8 Å². The van der Waals surface area contributed by atoms with Gasteiger partial charge in [0.05, 0.1) is 0 Å². The molecule has 1 heterocycles. The molecule has 6 heteroatoms. The van der Waals surface area contributed by atoms with Gasteiger partial charge in [0.25, 0.3) is 5.91 Å². The monoisotopic (exact) mass is 306 g/mol. The lowest BCUT2D eigenvalue weighted by Gasteiger charge is -2.20. The topological polar surface area (TPSA) is 75.4 Å². The Kier molecular flexibility index (Phi) is 5.27. The van der Waals surface area contributed by atoms with E-state index >= 15 is 0 Å². The van der Waals surface area contributed by atoms with Crippen molar-refractivity contribution in [2.24, 2.45) is 5.92 Å². The van der Waals surface area contributed by atoms with E-state index in [2.05, 4.69) is 10.5 Å². The zero-order valence-electron chi connectivity index (χ0n) is 12.5. The molecule has 1 aromatic heterocycles.